The number of aliphatic hydroxyl groups is 1. The number of carbonyl (C=O) groups excluding carboxylic acids is 1. The van der Waals surface area contributed by atoms with E-state index in [-0.39, 0.29) is 33.7 Å². The first-order valence-corrected chi connectivity index (χ1v) is 13.5. The summed E-state index contributed by atoms with van der Waals surface area (Å²) in [5.74, 6) is -4.14. The number of carboxylic acids is 2. The van der Waals surface area contributed by atoms with Gasteiger partial charge in [-0.25, -0.2) is 19.0 Å². The van der Waals surface area contributed by atoms with Crippen LogP contribution < -0.4 is 11.1 Å². The third-order valence-corrected chi connectivity index (χ3v) is 8.22. The van der Waals surface area contributed by atoms with Gasteiger partial charge in [-0.15, -0.1) is 11.3 Å². The van der Waals surface area contributed by atoms with Crippen LogP contribution in [0.4, 0.5) is 15.9 Å². The molecule has 1 amide bonds. The molecule has 14 nitrogen and oxygen atoms in total. The van der Waals surface area contributed by atoms with Crippen LogP contribution in [0.5, 0.6) is 0 Å². The van der Waals surface area contributed by atoms with Crippen LogP contribution in [0.3, 0.4) is 0 Å². The smallest absolute Gasteiger partial charge is 0.348 e. The number of rotatable bonds is 9. The molecule has 1 unspecified atom stereocenters. The quantitative estimate of drug-likeness (QED) is 0.134. The fourth-order valence-electron chi connectivity index (χ4n) is 4.93. The molecule has 4 aromatic rings. The van der Waals surface area contributed by atoms with Gasteiger partial charge in [-0.05, 0) is 40.7 Å². The summed E-state index contributed by atoms with van der Waals surface area (Å²) in [4.78, 5) is 49.2. The molecule has 5 atom stereocenters. The second-order valence-corrected chi connectivity index (χ2v) is 11.0. The first kappa shape index (κ1) is 27.9. The number of alkyl halides is 1. The lowest BCUT2D eigenvalue weighted by molar-refractivity contribution is -0.194. The van der Waals surface area contributed by atoms with Gasteiger partial charge in [0.2, 0.25) is 5.28 Å². The number of thiophene rings is 1. The van der Waals surface area contributed by atoms with Gasteiger partial charge < -0.3 is 35.8 Å². The lowest BCUT2D eigenvalue weighted by Gasteiger charge is -2.28. The van der Waals surface area contributed by atoms with E-state index >= 15 is 4.39 Å². The maximum Gasteiger partial charge on any atom is 0.348 e. The average molecular weight is 619 g/mol. The first-order valence-electron chi connectivity index (χ1n) is 12.2. The fraction of sp³-hybridized carbons (Fsp3) is 0.280. The second-order valence-electron chi connectivity index (χ2n) is 9.72. The molecule has 6 N–H and O–H groups in total. The second kappa shape index (κ2) is 9.95. The van der Waals surface area contributed by atoms with Crippen molar-refractivity contribution in [3.63, 3.8) is 0 Å². The highest BCUT2D eigenvalue weighted by molar-refractivity contribution is 7.12. The number of carbonyl (C=O) groups is 3. The number of carboxylic acid groups (broad SMARTS) is 2. The summed E-state index contributed by atoms with van der Waals surface area (Å²) in [6.45, 7) is 0. The molecule has 3 aromatic heterocycles. The number of nitrogens with one attached hydrogen (secondary N) is 1. The molecule has 1 aromatic carbocycles. The zero-order valence-corrected chi connectivity index (χ0v) is 22.6. The molecule has 0 radical (unpaired) electrons. The lowest BCUT2D eigenvalue weighted by atomic mass is 9.94. The Bertz CT molecular complexity index is 1710. The van der Waals surface area contributed by atoms with E-state index in [1.165, 1.54) is 41.9 Å². The Morgan fingerprint density at radius 2 is 1.93 bits per heavy atom. The van der Waals surface area contributed by atoms with Crippen molar-refractivity contribution in [2.45, 2.75) is 42.2 Å². The van der Waals surface area contributed by atoms with E-state index in [1.807, 2.05) is 0 Å². The van der Waals surface area contributed by atoms with Gasteiger partial charge in [0.1, 0.15) is 17.7 Å². The van der Waals surface area contributed by atoms with Crippen molar-refractivity contribution >= 4 is 63.5 Å². The van der Waals surface area contributed by atoms with E-state index in [9.17, 15) is 29.7 Å². The summed E-state index contributed by atoms with van der Waals surface area (Å²) >= 11 is 7.11. The van der Waals surface area contributed by atoms with Crippen molar-refractivity contribution in [2.75, 3.05) is 11.1 Å². The number of aliphatic carboxylic acids is 2. The minimum absolute atomic E-state index is 0.0305. The van der Waals surface area contributed by atoms with Crippen LogP contribution >= 0.6 is 22.9 Å². The van der Waals surface area contributed by atoms with Crippen molar-refractivity contribution < 1.29 is 43.6 Å². The molecule has 2 aliphatic rings. The molecule has 218 valence electrons. The molecule has 17 heteroatoms. The van der Waals surface area contributed by atoms with Crippen molar-refractivity contribution in [3.8, 4) is 0 Å². The van der Waals surface area contributed by atoms with Crippen LogP contribution in [-0.2, 0) is 25.5 Å². The minimum Gasteiger partial charge on any atom is -0.479 e. The third kappa shape index (κ3) is 4.35. The number of hydrogen-bond acceptors (Lipinski definition) is 11. The zero-order chi connectivity index (χ0) is 30.0. The highest BCUT2D eigenvalue weighted by atomic mass is 35.5. The van der Waals surface area contributed by atoms with Gasteiger partial charge in [0, 0.05) is 12.1 Å². The Hall–Kier alpha value is -4.22. The van der Waals surface area contributed by atoms with E-state index < -0.39 is 54.2 Å². The zero-order valence-electron chi connectivity index (χ0n) is 21.0. The van der Waals surface area contributed by atoms with Gasteiger partial charge in [-0.1, -0.05) is 18.2 Å². The number of halogens is 2. The number of nitrogen functional groups attached to an aromatic ring is 1. The van der Waals surface area contributed by atoms with E-state index in [4.69, 9.17) is 26.8 Å². The molecule has 42 heavy (non-hydrogen) atoms. The van der Waals surface area contributed by atoms with Gasteiger partial charge in [-0.3, -0.25) is 9.36 Å². The van der Waals surface area contributed by atoms with Gasteiger partial charge in [0.25, 0.3) is 11.5 Å². The molecule has 0 bridgehead atoms. The van der Waals surface area contributed by atoms with E-state index in [1.54, 1.807) is 17.5 Å². The van der Waals surface area contributed by atoms with E-state index in [0.717, 1.165) is 4.57 Å². The molecule has 1 aliphatic carbocycles. The normalized spacial score (nSPS) is 24.8. The predicted molar refractivity (Wildman–Crippen MR) is 144 cm³/mol. The number of fused-ring (bicyclic) bond motifs is 2. The SMILES string of the molecule is Nc1nc(Cl)nc2c1ncn2[C@@H]1O[C@@H]2C(OC(Cc3ccc(NC(=O)c4cccs4)cc3)(C(=O)O)C(=O)O)[C@]2(O)[C@@H]1F. The number of amides is 1. The number of ether oxygens (including phenoxy) is 2. The van der Waals surface area contributed by atoms with Crippen LogP contribution in [0.15, 0.2) is 48.1 Å². The summed E-state index contributed by atoms with van der Waals surface area (Å²) in [6, 6.07) is 9.15. The van der Waals surface area contributed by atoms with E-state index in [2.05, 4.69) is 20.3 Å². The van der Waals surface area contributed by atoms with Crippen LogP contribution in [0.25, 0.3) is 11.2 Å². The lowest BCUT2D eigenvalue weighted by Crippen LogP contribution is -2.53. The molecular formula is C25H20ClFN6O8S. The number of nitrogens with zero attached hydrogens (tertiary/aromatic N) is 4. The summed E-state index contributed by atoms with van der Waals surface area (Å²) in [7, 11) is 0. The number of nitrogens with two attached hydrogens (primary N) is 1. The number of anilines is 2. The molecule has 1 saturated carbocycles. The summed E-state index contributed by atoms with van der Waals surface area (Å²) < 4.78 is 27.9. The van der Waals surface area contributed by atoms with Gasteiger partial charge in [-0.2, -0.15) is 9.97 Å². The maximum absolute atomic E-state index is 15.7. The largest absolute Gasteiger partial charge is 0.479 e. The summed E-state index contributed by atoms with van der Waals surface area (Å²) in [5.41, 5.74) is 1.27. The Morgan fingerprint density at radius 3 is 2.52 bits per heavy atom. The molecule has 0 spiro atoms. The van der Waals surface area contributed by atoms with Gasteiger partial charge >= 0.3 is 11.9 Å². The Labute approximate surface area is 243 Å². The van der Waals surface area contributed by atoms with Crippen LogP contribution in [0.1, 0.15) is 21.5 Å². The van der Waals surface area contributed by atoms with Gasteiger partial charge in [0.15, 0.2) is 29.5 Å². The highest BCUT2D eigenvalue weighted by Gasteiger charge is 2.80. The number of imidazole rings is 1. The van der Waals surface area contributed by atoms with Crippen LogP contribution in [0.2, 0.25) is 5.28 Å². The average Bonchev–Trinajstić information content (AvgIpc) is 3.44. The highest BCUT2D eigenvalue weighted by Crippen LogP contribution is 2.58. The maximum atomic E-state index is 15.7. The summed E-state index contributed by atoms with van der Waals surface area (Å²) in [6.07, 6.45) is -6.23. The number of aromatic nitrogens is 4. The standard InChI is InChI=1S/C25H20ClFN6O8S/c26-23-31-17(28)13-18(32-23)33(9-29-13)20-14(27)25(39)15(40-20)16(25)41-24(21(35)36,22(37)38)8-10-3-5-11(6-4-10)30-19(34)12-2-1-7-42-12/h1-7,9,14-16,20,39H,8H2,(H,30,34)(H,35,36)(H,37,38)(H2,28,31,32)/t14-,15-,16?,20-,25+/m1/s1. The molecule has 2 fully saturated rings. The Kier molecular flexibility index (Phi) is 6.62. The van der Waals surface area contributed by atoms with Crippen molar-refractivity contribution in [1.82, 2.24) is 19.5 Å². The number of benzene rings is 1. The van der Waals surface area contributed by atoms with Crippen LogP contribution in [-0.4, -0.2) is 82.3 Å². The van der Waals surface area contributed by atoms with Gasteiger partial charge in [0.05, 0.1) is 11.2 Å². The third-order valence-electron chi connectivity index (χ3n) is 7.18. The molecule has 4 heterocycles. The fourth-order valence-corrected chi connectivity index (χ4v) is 5.72. The van der Waals surface area contributed by atoms with Crippen molar-refractivity contribution in [3.05, 3.63) is 63.8 Å². The monoisotopic (exact) mass is 618 g/mol. The Morgan fingerprint density at radius 1 is 1.21 bits per heavy atom. The molecule has 1 aliphatic heterocycles. The van der Waals surface area contributed by atoms with Crippen LogP contribution in [0, 0.1) is 0 Å². The first-order chi connectivity index (χ1) is 20.0. The molecule has 6 rings (SSSR count). The van der Waals surface area contributed by atoms with Crippen molar-refractivity contribution in [1.29, 1.82) is 0 Å². The van der Waals surface area contributed by atoms with Crippen molar-refractivity contribution in [2.24, 2.45) is 0 Å². The number of hydrogen-bond donors (Lipinski definition) is 5. The molecular weight excluding hydrogens is 599 g/mol. The Balaban J connectivity index is 1.20. The molecule has 1 saturated heterocycles. The summed E-state index contributed by atoms with van der Waals surface area (Å²) in [5, 5.41) is 35.2. The predicted octanol–water partition coefficient (Wildman–Crippen LogP) is 1.89. The van der Waals surface area contributed by atoms with E-state index in [0.29, 0.717) is 10.6 Å². The minimum atomic E-state index is -2.90. The topological polar surface area (TPSA) is 212 Å².